The number of sulfonamides is 1. The first-order valence-electron chi connectivity index (χ1n) is 9.69. The molecular formula is C21H22Cl2N4O4S. The summed E-state index contributed by atoms with van der Waals surface area (Å²) >= 11 is 12.4. The lowest BCUT2D eigenvalue weighted by molar-refractivity contribution is 0.243. The van der Waals surface area contributed by atoms with Crippen LogP contribution in [0.3, 0.4) is 0 Å². The lowest BCUT2D eigenvalue weighted by Gasteiger charge is -2.25. The van der Waals surface area contributed by atoms with Crippen LogP contribution in [0.25, 0.3) is 11.3 Å². The Labute approximate surface area is 196 Å². The number of carbonyl (C=O) groups excluding carboxylic acids is 1. The second-order valence-corrected chi connectivity index (χ2v) is 9.61. The number of anilines is 1. The van der Waals surface area contributed by atoms with Crippen molar-refractivity contribution in [3.05, 3.63) is 70.7 Å². The SMILES string of the molecule is CNC(=O)NCCCS(=O)(=O)N(Cc1cccc(Cl)c1Cl)c1ccc(-c2cnco2)cc1. The Morgan fingerprint density at radius 2 is 1.91 bits per heavy atom. The first-order valence-corrected chi connectivity index (χ1v) is 12.1. The highest BCUT2D eigenvalue weighted by Gasteiger charge is 2.24. The van der Waals surface area contributed by atoms with E-state index in [4.69, 9.17) is 27.6 Å². The third kappa shape index (κ3) is 5.93. The van der Waals surface area contributed by atoms with E-state index in [9.17, 15) is 13.2 Å². The number of urea groups is 1. The molecule has 0 atom stereocenters. The molecule has 0 saturated carbocycles. The summed E-state index contributed by atoms with van der Waals surface area (Å²) in [5, 5.41) is 5.65. The highest BCUT2D eigenvalue weighted by atomic mass is 35.5. The van der Waals surface area contributed by atoms with E-state index >= 15 is 0 Å². The Kier molecular flexibility index (Phi) is 8.00. The molecule has 2 amide bonds. The van der Waals surface area contributed by atoms with Crippen molar-refractivity contribution < 1.29 is 17.6 Å². The molecule has 0 spiro atoms. The molecule has 2 aromatic carbocycles. The van der Waals surface area contributed by atoms with Crippen molar-refractivity contribution in [2.45, 2.75) is 13.0 Å². The number of nitrogens with zero attached hydrogens (tertiary/aromatic N) is 2. The Morgan fingerprint density at radius 3 is 2.56 bits per heavy atom. The maximum atomic E-state index is 13.3. The molecule has 0 fully saturated rings. The van der Waals surface area contributed by atoms with Crippen LogP contribution >= 0.6 is 23.2 Å². The third-order valence-corrected chi connectivity index (χ3v) is 7.32. The number of aromatic nitrogens is 1. The summed E-state index contributed by atoms with van der Waals surface area (Å²) in [6.45, 7) is 0.224. The van der Waals surface area contributed by atoms with Gasteiger partial charge in [-0.05, 0) is 42.3 Å². The number of nitrogens with one attached hydrogen (secondary N) is 2. The molecule has 32 heavy (non-hydrogen) atoms. The zero-order valence-corrected chi connectivity index (χ0v) is 19.5. The fourth-order valence-corrected chi connectivity index (χ4v) is 4.87. The highest BCUT2D eigenvalue weighted by molar-refractivity contribution is 7.92. The van der Waals surface area contributed by atoms with E-state index in [1.807, 2.05) is 0 Å². The van der Waals surface area contributed by atoms with Gasteiger partial charge in [-0.15, -0.1) is 0 Å². The number of benzene rings is 2. The number of hydrogen-bond donors (Lipinski definition) is 2. The summed E-state index contributed by atoms with van der Waals surface area (Å²) in [7, 11) is -2.26. The third-order valence-electron chi connectivity index (χ3n) is 4.65. The first kappa shape index (κ1) is 23.9. The molecule has 0 bridgehead atoms. The minimum atomic E-state index is -3.75. The number of hydrogen-bond acceptors (Lipinski definition) is 5. The topological polar surface area (TPSA) is 105 Å². The van der Waals surface area contributed by atoms with Gasteiger partial charge in [0.25, 0.3) is 0 Å². The van der Waals surface area contributed by atoms with E-state index in [0.29, 0.717) is 27.1 Å². The molecule has 0 saturated heterocycles. The van der Waals surface area contributed by atoms with E-state index in [1.54, 1.807) is 48.7 Å². The summed E-state index contributed by atoms with van der Waals surface area (Å²) in [6, 6.07) is 11.6. The number of halogens is 2. The molecule has 170 valence electrons. The van der Waals surface area contributed by atoms with Crippen molar-refractivity contribution in [1.82, 2.24) is 15.6 Å². The quantitative estimate of drug-likeness (QED) is 0.429. The molecule has 3 rings (SSSR count). The number of carbonyl (C=O) groups is 1. The molecule has 1 heterocycles. The molecule has 0 radical (unpaired) electrons. The fraction of sp³-hybridized carbons (Fsp3) is 0.238. The zero-order chi connectivity index (χ0) is 23.1. The van der Waals surface area contributed by atoms with Crippen molar-refractivity contribution in [2.75, 3.05) is 23.7 Å². The normalized spacial score (nSPS) is 11.2. The summed E-state index contributed by atoms with van der Waals surface area (Å²) < 4.78 is 33.1. The summed E-state index contributed by atoms with van der Waals surface area (Å²) in [5.74, 6) is 0.406. The van der Waals surface area contributed by atoms with Crippen molar-refractivity contribution in [3.8, 4) is 11.3 Å². The first-order chi connectivity index (χ1) is 15.3. The number of rotatable bonds is 9. The Morgan fingerprint density at radius 1 is 1.16 bits per heavy atom. The molecule has 2 N–H and O–H groups in total. The maximum absolute atomic E-state index is 13.3. The molecule has 0 aliphatic rings. The summed E-state index contributed by atoms with van der Waals surface area (Å²) in [5.41, 5.74) is 1.80. The van der Waals surface area contributed by atoms with Crippen molar-refractivity contribution in [1.29, 1.82) is 0 Å². The van der Waals surface area contributed by atoms with E-state index in [-0.39, 0.29) is 31.3 Å². The van der Waals surface area contributed by atoms with E-state index in [1.165, 1.54) is 17.7 Å². The molecule has 0 aliphatic carbocycles. The predicted octanol–water partition coefficient (Wildman–Crippen LogP) is 4.30. The molecular weight excluding hydrogens is 475 g/mol. The molecule has 0 aliphatic heterocycles. The van der Waals surface area contributed by atoms with Gasteiger partial charge in [0.1, 0.15) is 0 Å². The van der Waals surface area contributed by atoms with Gasteiger partial charge in [-0.25, -0.2) is 18.2 Å². The summed E-state index contributed by atoms with van der Waals surface area (Å²) in [6.07, 6.45) is 3.15. The van der Waals surface area contributed by atoms with Gasteiger partial charge in [0.2, 0.25) is 10.0 Å². The van der Waals surface area contributed by atoms with Crippen LogP contribution in [0.2, 0.25) is 10.0 Å². The molecule has 0 unspecified atom stereocenters. The van der Waals surface area contributed by atoms with Crippen LogP contribution in [0.5, 0.6) is 0 Å². The minimum absolute atomic E-state index is 0.00621. The van der Waals surface area contributed by atoms with E-state index in [0.717, 1.165) is 5.56 Å². The molecule has 11 heteroatoms. The zero-order valence-electron chi connectivity index (χ0n) is 17.2. The van der Waals surface area contributed by atoms with Crippen molar-refractivity contribution >= 4 is 44.9 Å². The van der Waals surface area contributed by atoms with Gasteiger partial charge in [-0.2, -0.15) is 0 Å². The van der Waals surface area contributed by atoms with Crippen molar-refractivity contribution in [2.24, 2.45) is 0 Å². The maximum Gasteiger partial charge on any atom is 0.314 e. The summed E-state index contributed by atoms with van der Waals surface area (Å²) in [4.78, 5) is 15.2. The molecule has 8 nitrogen and oxygen atoms in total. The highest BCUT2D eigenvalue weighted by Crippen LogP contribution is 2.30. The number of amides is 2. The van der Waals surface area contributed by atoms with Crippen LogP contribution in [0.4, 0.5) is 10.5 Å². The van der Waals surface area contributed by atoms with Crippen LogP contribution in [0.15, 0.2) is 59.5 Å². The van der Waals surface area contributed by atoms with Crippen LogP contribution in [0, 0.1) is 0 Å². The van der Waals surface area contributed by atoms with Gasteiger partial charge in [0.05, 0.1) is 34.2 Å². The Bertz CT molecular complexity index is 1150. The second-order valence-electron chi connectivity index (χ2n) is 6.81. The minimum Gasteiger partial charge on any atom is -0.444 e. The Balaban J connectivity index is 1.86. The van der Waals surface area contributed by atoms with Crippen LogP contribution in [-0.4, -0.2) is 38.8 Å². The Hall–Kier alpha value is -2.75. The lowest BCUT2D eigenvalue weighted by atomic mass is 10.1. The van der Waals surface area contributed by atoms with Gasteiger partial charge in [-0.1, -0.05) is 35.3 Å². The van der Waals surface area contributed by atoms with Crippen LogP contribution in [-0.2, 0) is 16.6 Å². The predicted molar refractivity (Wildman–Crippen MR) is 125 cm³/mol. The van der Waals surface area contributed by atoms with Crippen molar-refractivity contribution in [3.63, 3.8) is 0 Å². The average Bonchev–Trinajstić information content (AvgIpc) is 3.32. The standard InChI is InChI=1S/C21H22Cl2N4O4S/c1-24-21(28)26-10-3-11-32(29,30)27(13-16-4-2-5-18(22)20(16)23)17-8-6-15(7-9-17)19-12-25-14-31-19/h2,4-9,12,14H,3,10-11,13H2,1H3,(H2,24,26,28). The number of oxazole rings is 1. The van der Waals surface area contributed by atoms with E-state index < -0.39 is 10.0 Å². The van der Waals surface area contributed by atoms with Crippen LogP contribution in [0.1, 0.15) is 12.0 Å². The van der Waals surface area contributed by atoms with Gasteiger partial charge in [0, 0.05) is 19.2 Å². The van der Waals surface area contributed by atoms with Gasteiger partial charge < -0.3 is 15.1 Å². The van der Waals surface area contributed by atoms with Crippen LogP contribution < -0.4 is 14.9 Å². The smallest absolute Gasteiger partial charge is 0.314 e. The fourth-order valence-electron chi connectivity index (χ4n) is 2.98. The largest absolute Gasteiger partial charge is 0.444 e. The monoisotopic (exact) mass is 496 g/mol. The van der Waals surface area contributed by atoms with Gasteiger partial charge in [-0.3, -0.25) is 4.31 Å². The van der Waals surface area contributed by atoms with E-state index in [2.05, 4.69) is 15.6 Å². The molecule has 1 aromatic heterocycles. The van der Waals surface area contributed by atoms with Gasteiger partial charge >= 0.3 is 6.03 Å². The van der Waals surface area contributed by atoms with Gasteiger partial charge in [0.15, 0.2) is 12.2 Å². The molecule has 3 aromatic rings. The second kappa shape index (κ2) is 10.7. The lowest BCUT2D eigenvalue weighted by Crippen LogP contribution is -2.36. The average molecular weight is 497 g/mol.